The summed E-state index contributed by atoms with van der Waals surface area (Å²) < 4.78 is 69.0. The molecule has 0 spiro atoms. The third-order valence-corrected chi connectivity index (χ3v) is 10.5. The van der Waals surface area contributed by atoms with E-state index in [0.29, 0.717) is 22.5 Å². The summed E-state index contributed by atoms with van der Waals surface area (Å²) in [6, 6.07) is 30.8. The van der Waals surface area contributed by atoms with Crippen molar-refractivity contribution in [2.75, 3.05) is 16.0 Å². The first-order valence-corrected chi connectivity index (χ1v) is 21.1. The van der Waals surface area contributed by atoms with Crippen molar-refractivity contribution in [2.24, 2.45) is 20.5 Å². The van der Waals surface area contributed by atoms with Gasteiger partial charge in [0, 0.05) is 22.5 Å². The van der Waals surface area contributed by atoms with Crippen LogP contribution in [0, 0.1) is 54.6 Å². The van der Waals surface area contributed by atoms with Crippen LogP contribution in [0.4, 0.5) is 50.1 Å². The van der Waals surface area contributed by atoms with Gasteiger partial charge in [0.1, 0.15) is 48.6 Å². The van der Waals surface area contributed by atoms with Crippen LogP contribution in [-0.4, -0.2) is 55.8 Å². The number of aromatic nitrogens is 1. The van der Waals surface area contributed by atoms with E-state index >= 15 is 0 Å². The smallest absolute Gasteiger partial charge is 0.744 e. The Kier molecular flexibility index (Phi) is 37.3. The van der Waals surface area contributed by atoms with Crippen molar-refractivity contribution in [2.45, 2.75) is 16.7 Å². The van der Waals surface area contributed by atoms with Crippen molar-refractivity contribution >= 4 is 107 Å². The van der Waals surface area contributed by atoms with Gasteiger partial charge in [0.15, 0.2) is 16.6 Å². The van der Waals surface area contributed by atoms with Crippen molar-refractivity contribution in [3.05, 3.63) is 120 Å². The van der Waals surface area contributed by atoms with Crippen LogP contribution >= 0.6 is 11.3 Å². The molecule has 0 aliphatic heterocycles. The molecule has 0 aliphatic carbocycles. The summed E-state index contributed by atoms with van der Waals surface area (Å²) in [5, 5.41) is 46.9. The molecule has 6 aromatic rings. The number of nitriles is 2. The molecule has 342 valence electrons. The number of rotatable bonds is 13. The number of amides is 1. The van der Waals surface area contributed by atoms with Crippen LogP contribution in [0.2, 0.25) is 0 Å². The van der Waals surface area contributed by atoms with E-state index in [-0.39, 0.29) is 168 Å². The van der Waals surface area contributed by atoms with E-state index in [1.165, 1.54) is 24.3 Å². The van der Waals surface area contributed by atoms with Gasteiger partial charge < -0.3 is 48.0 Å². The van der Waals surface area contributed by atoms with Crippen molar-refractivity contribution in [1.82, 2.24) is 4.98 Å². The third kappa shape index (κ3) is 22.4. The predicted octanol–water partition coefficient (Wildman–Crippen LogP) is -8.41. The fraction of sp³-hybridized carbons (Fsp3) is 0.0238. The number of nitrogens with one attached hydrogen (secondary N) is 3. The van der Waals surface area contributed by atoms with Gasteiger partial charge in [-0.15, -0.1) is 46.6 Å². The van der Waals surface area contributed by atoms with E-state index in [1.807, 2.05) is 0 Å². The fourth-order valence-electron chi connectivity index (χ4n) is 5.11. The Morgan fingerprint density at radius 2 is 1.04 bits per heavy atom. The number of benzene rings is 4. The molecule has 0 unspecified atom stereocenters. The Balaban J connectivity index is -0.00000137. The molecule has 0 bridgehead atoms. The molecule has 0 atom stereocenters. The zero-order valence-corrected chi connectivity index (χ0v) is 41.4. The third-order valence-electron chi connectivity index (χ3n) is 7.82. The molecular weight excluding hydrogens is 983 g/mol. The van der Waals surface area contributed by atoms with Crippen molar-refractivity contribution in [3.8, 4) is 36.1 Å². The number of nitrogens with zero attached hydrogens (tertiary/aromatic N) is 7. The van der Waals surface area contributed by atoms with E-state index in [2.05, 4.69) is 78.5 Å². The maximum Gasteiger partial charge on any atom is 1.00 e. The summed E-state index contributed by atoms with van der Waals surface area (Å²) in [6.45, 7) is 1.55. The Bertz CT molecular complexity index is 3220. The Hall–Kier alpha value is -6.51. The number of anilines is 5. The number of thiophene rings is 1. The minimum atomic E-state index is -4.75. The number of hydrogen-bond acceptors (Lipinski definition) is 23. The zero-order chi connectivity index (χ0) is 50.9. The molecule has 0 saturated heterocycles. The van der Waals surface area contributed by atoms with Gasteiger partial charge in [-0.25, -0.2) is 21.8 Å². The summed E-state index contributed by atoms with van der Waals surface area (Å²) in [6.07, 6.45) is 10.3. The largest absolute Gasteiger partial charge is 1.00 e. The molecular formula is C42H23Li5N10O13S3. The van der Waals surface area contributed by atoms with Crippen LogP contribution in [0.15, 0.2) is 121 Å². The molecule has 0 saturated carbocycles. The first-order valence-electron chi connectivity index (χ1n) is 17.5. The molecule has 2 heterocycles. The molecule has 0 radical (unpaired) electrons. The summed E-state index contributed by atoms with van der Waals surface area (Å²) in [5.41, 5.74) is 2.62. The average molecular weight is 1010 g/mol. The van der Waals surface area contributed by atoms with Crippen LogP contribution in [-0.2, 0) is 53.8 Å². The zero-order valence-electron chi connectivity index (χ0n) is 39.0. The van der Waals surface area contributed by atoms with Crippen molar-refractivity contribution in [3.63, 3.8) is 0 Å². The number of hydrogen-bond donors (Lipinski definition) is 3. The van der Waals surface area contributed by atoms with Crippen LogP contribution < -0.4 is 110 Å². The van der Waals surface area contributed by atoms with Gasteiger partial charge in [0.05, 0.1) is 21.8 Å². The number of azo groups is 2. The standard InChI is InChI=1S/C37H23N10O7S3.C2H2.3CO2.5Li/c1-22-30(19-38)34(41-25-11-15-28(16-12-25)56(49,50)51)43-35(42-26-13-17-29(18-14-26)57(52,53)54)33(22)45-46-36-31(20-39)32(23-7-9-24(10-8-23)40-21-48)37(55-36)47-44-27-5-3-2-4-6-27;1-2;3*2-1-3;;;;;/h2,5-18H,1H3,(H,40,48)(H2,41,42,43)(H,49,50,51)(H,52,53,54);1-2H;;;;;;;;/q-3;;;;;5*+1/p-2. The number of pyridine rings is 1. The molecule has 0 aliphatic rings. The molecule has 4 aromatic carbocycles. The van der Waals surface area contributed by atoms with E-state index in [4.69, 9.17) is 28.8 Å². The molecule has 6 rings (SSSR count). The SMILES string of the molecule is C#C.Cc1c(C#N)c(Nc2ccc(S(=O)(=O)[O-])cc2)nc(Nc2ccc(S(=O)(=O)[O-])cc2)c1N=Nc1sc(N=Nc2c[c-]c[c-]c2)c(-c2ccc(N[C-]=O)cc2)c1C#N.O=C=O.O=C=O.O=C=O.[Li+].[Li+].[Li+].[Li+].[Li+]. The topological polar surface area (TPSA) is 380 Å². The van der Waals surface area contributed by atoms with Gasteiger partial charge in [0.25, 0.3) is 0 Å². The summed E-state index contributed by atoms with van der Waals surface area (Å²) in [7, 11) is -9.48. The molecule has 0 fully saturated rings. The van der Waals surface area contributed by atoms with Crippen molar-refractivity contribution < 1.29 is 154 Å². The summed E-state index contributed by atoms with van der Waals surface area (Å²) in [5.74, 6) is -0.0386. The van der Waals surface area contributed by atoms with Crippen LogP contribution in [0.5, 0.6) is 0 Å². The van der Waals surface area contributed by atoms with Gasteiger partial charge in [-0.3, -0.25) is 17.2 Å². The van der Waals surface area contributed by atoms with Crippen LogP contribution in [0.1, 0.15) is 16.7 Å². The second-order valence-corrected chi connectivity index (χ2v) is 15.4. The van der Waals surface area contributed by atoms with Crippen LogP contribution in [0.25, 0.3) is 11.1 Å². The second-order valence-electron chi connectivity index (χ2n) is 11.7. The Morgan fingerprint density at radius 3 is 1.45 bits per heavy atom. The van der Waals surface area contributed by atoms with Crippen LogP contribution in [0.3, 0.4) is 0 Å². The van der Waals surface area contributed by atoms with E-state index < -0.39 is 30.0 Å². The average Bonchev–Trinajstić information content (AvgIpc) is 3.67. The molecule has 2 aromatic heterocycles. The van der Waals surface area contributed by atoms with Gasteiger partial charge in [-0.1, -0.05) is 23.5 Å². The first kappa shape index (κ1) is 73.0. The number of terminal acetylenes is 1. The Labute approximate surface area is 480 Å². The summed E-state index contributed by atoms with van der Waals surface area (Å²) >= 11 is 0.984. The quantitative estimate of drug-likeness (QED) is 0.0241. The van der Waals surface area contributed by atoms with Gasteiger partial charge in [0.2, 0.25) is 0 Å². The molecule has 73 heavy (non-hydrogen) atoms. The number of carbonyl (C=O) groups excluding carboxylic acids is 7. The first-order chi connectivity index (χ1) is 32.5. The van der Waals surface area contributed by atoms with E-state index in [0.717, 1.165) is 35.6 Å². The van der Waals surface area contributed by atoms with Gasteiger partial charge in [-0.05, 0) is 61.0 Å². The van der Waals surface area contributed by atoms with E-state index in [9.17, 15) is 41.3 Å². The summed E-state index contributed by atoms with van der Waals surface area (Å²) in [4.78, 5) is 63.2. The molecule has 23 nitrogen and oxygen atoms in total. The minimum absolute atomic E-state index is 0. The maximum absolute atomic E-state index is 11.5. The maximum atomic E-state index is 11.5. The van der Waals surface area contributed by atoms with Crippen molar-refractivity contribution in [1.29, 1.82) is 10.5 Å². The fourth-order valence-corrected chi connectivity index (χ4v) is 6.97. The van der Waals surface area contributed by atoms with Gasteiger partial charge >= 0.3 is 113 Å². The predicted molar refractivity (Wildman–Crippen MR) is 230 cm³/mol. The van der Waals surface area contributed by atoms with E-state index in [1.54, 1.807) is 55.8 Å². The second kappa shape index (κ2) is 37.3. The van der Waals surface area contributed by atoms with Gasteiger partial charge in [-0.2, -0.15) is 44.4 Å². The normalized spacial score (nSPS) is 9.41. The Morgan fingerprint density at radius 1 is 0.630 bits per heavy atom. The molecule has 3 N–H and O–H groups in total. The molecule has 1 amide bonds. The minimum Gasteiger partial charge on any atom is -0.744 e. The monoisotopic (exact) mass is 1010 g/mol. The molecule has 31 heteroatoms.